The van der Waals surface area contributed by atoms with Crippen LogP contribution in [0.2, 0.25) is 0 Å². The molecule has 5 amide bonds. The Kier molecular flexibility index (Phi) is 24.9. The van der Waals surface area contributed by atoms with Crippen LogP contribution in [-0.4, -0.2) is 228 Å². The predicted molar refractivity (Wildman–Crippen MR) is 402 cm³/mol. The molecule has 5 aromatic carbocycles. The summed E-state index contributed by atoms with van der Waals surface area (Å²) in [6.07, 6.45) is 3.09. The molecule has 2 aliphatic rings. The summed E-state index contributed by atoms with van der Waals surface area (Å²) in [5, 5.41) is 14.9. The summed E-state index contributed by atoms with van der Waals surface area (Å²) in [5.74, 6) is 1.75. The van der Waals surface area contributed by atoms with E-state index in [-0.39, 0.29) is 80.5 Å². The molecule has 0 bridgehead atoms. The highest BCUT2D eigenvalue weighted by molar-refractivity contribution is 5.94. The number of nitrogens with zero attached hydrogens (tertiary/aromatic N) is 10. The molecule has 8 aromatic rings. The Morgan fingerprint density at radius 1 is 0.545 bits per heavy atom. The van der Waals surface area contributed by atoms with E-state index in [1.54, 1.807) is 0 Å². The van der Waals surface area contributed by atoms with Crippen molar-refractivity contribution < 1.29 is 33.4 Å². The predicted octanol–water partition coefficient (Wildman–Crippen LogP) is 9.34. The number of hydrogen-bond donors (Lipinski definition) is 7. The Hall–Kier alpha value is -9.39. The fourth-order valence-corrected chi connectivity index (χ4v) is 13.0. The first-order chi connectivity index (χ1) is 48.4. The topological polar surface area (TPSA) is 286 Å². The van der Waals surface area contributed by atoms with Gasteiger partial charge in [0.15, 0.2) is 0 Å². The first-order valence-corrected chi connectivity index (χ1v) is 36.0. The number of imidazole rings is 3. The highest BCUT2D eigenvalue weighted by Crippen LogP contribution is 2.43. The molecule has 0 radical (unpaired) electrons. The first kappa shape index (κ1) is 74.3. The third-order valence-corrected chi connectivity index (χ3v) is 18.7. The number of aromatic amines is 3. The van der Waals surface area contributed by atoms with Crippen LogP contribution in [0.3, 0.4) is 0 Å². The number of anilines is 2. The Labute approximate surface area is 594 Å². The number of carbonyl (C=O) groups is 5. The zero-order valence-electron chi connectivity index (χ0n) is 61.0. The number of nitrogens with one attached hydrogen (secondary N) is 6. The molecule has 8 N–H and O–H groups in total. The number of primary amides is 1. The van der Waals surface area contributed by atoms with Crippen LogP contribution < -0.4 is 35.6 Å². The SMILES string of the molecule is CCCN(CC(=O)N(CCC)CC(=O)N(CC(=N)CNCCCNC(=O)CCCOc1c(C(C)(C)C)cc(-c2nc3ccc(N4CCN(C)CC4)cc3[nH]2)cc1C(C)(C)C)CC(N)=O)C(=O)CCCOc1cccc(-c2nc3ccc(-c4nc5ccc(N6CCN(C)CC6)cc5[nH]4)cc3[nH]2)c1. The van der Waals surface area contributed by atoms with Crippen molar-refractivity contribution in [3.8, 4) is 45.7 Å². The van der Waals surface area contributed by atoms with Gasteiger partial charge in [-0.05, 0) is 142 Å². The van der Waals surface area contributed by atoms with E-state index in [0.717, 1.165) is 131 Å². The molecule has 5 heterocycles. The number of piperazine rings is 2. The van der Waals surface area contributed by atoms with Gasteiger partial charge < -0.3 is 80.5 Å². The van der Waals surface area contributed by atoms with Crippen LogP contribution in [0.5, 0.6) is 11.5 Å². The second kappa shape index (κ2) is 33.9. The lowest BCUT2D eigenvalue weighted by Gasteiger charge is -2.34. The Balaban J connectivity index is 0.634. The van der Waals surface area contributed by atoms with Crippen molar-refractivity contribution in [3.63, 3.8) is 0 Å². The molecule has 0 spiro atoms. The Bertz CT molecular complexity index is 4150. The van der Waals surface area contributed by atoms with Crippen LogP contribution in [0, 0.1) is 5.41 Å². The van der Waals surface area contributed by atoms with Crippen molar-refractivity contribution in [3.05, 3.63) is 102 Å². The van der Waals surface area contributed by atoms with Gasteiger partial charge in [0.05, 0.1) is 72.5 Å². The van der Waals surface area contributed by atoms with Crippen molar-refractivity contribution in [2.75, 3.05) is 148 Å². The van der Waals surface area contributed by atoms with Gasteiger partial charge in [-0.2, -0.15) is 0 Å². The summed E-state index contributed by atoms with van der Waals surface area (Å²) in [4.78, 5) is 106. The van der Waals surface area contributed by atoms with E-state index in [1.807, 2.05) is 50.2 Å². The average molecular weight is 1380 g/mol. The van der Waals surface area contributed by atoms with Crippen molar-refractivity contribution in [1.82, 2.24) is 65.0 Å². The van der Waals surface area contributed by atoms with Gasteiger partial charge in [0, 0.05) is 136 Å². The average Bonchev–Trinajstić information content (AvgIpc) is 0.901. The van der Waals surface area contributed by atoms with Crippen LogP contribution >= 0.6 is 0 Å². The molecule has 0 saturated carbocycles. The number of aromatic nitrogens is 6. The number of rotatable bonds is 33. The normalized spacial score (nSPS) is 14.0. The van der Waals surface area contributed by atoms with E-state index < -0.39 is 24.3 Å². The number of ether oxygens (including phenoxy) is 2. The summed E-state index contributed by atoms with van der Waals surface area (Å²) in [6, 6.07) is 31.0. The van der Waals surface area contributed by atoms with Crippen LogP contribution in [-0.2, 0) is 34.8 Å². The van der Waals surface area contributed by atoms with Crippen LogP contribution in [0.1, 0.15) is 111 Å². The lowest BCUT2D eigenvalue weighted by molar-refractivity contribution is -0.144. The lowest BCUT2D eigenvalue weighted by Crippen LogP contribution is -2.50. The van der Waals surface area contributed by atoms with Gasteiger partial charge >= 0.3 is 0 Å². The fourth-order valence-electron chi connectivity index (χ4n) is 13.0. The molecule has 0 aliphatic carbocycles. The maximum Gasteiger partial charge on any atom is 0.243 e. The number of hydrogen-bond acceptors (Lipinski definition) is 16. The lowest BCUT2D eigenvalue weighted by atomic mass is 9.78. The molecular weight excluding hydrogens is 1270 g/mol. The van der Waals surface area contributed by atoms with Crippen LogP contribution in [0.4, 0.5) is 11.4 Å². The number of carbonyl (C=O) groups excluding carboxylic acids is 5. The van der Waals surface area contributed by atoms with Crippen molar-refractivity contribution in [2.45, 2.75) is 111 Å². The smallest absolute Gasteiger partial charge is 0.243 e. The first-order valence-electron chi connectivity index (χ1n) is 36.0. The van der Waals surface area contributed by atoms with Crippen molar-refractivity contribution in [2.24, 2.45) is 5.73 Å². The van der Waals surface area contributed by atoms with Crippen LogP contribution in [0.25, 0.3) is 67.3 Å². The molecule has 0 unspecified atom stereocenters. The summed E-state index contributed by atoms with van der Waals surface area (Å²) in [6.45, 7) is 26.1. The highest BCUT2D eigenvalue weighted by Gasteiger charge is 2.31. The number of nitrogens with two attached hydrogens (primary N) is 1. The van der Waals surface area contributed by atoms with Gasteiger partial charge in [0.25, 0.3) is 0 Å². The standard InChI is InChI=1S/C77H105N17O7/c1-11-29-92(69(97)20-15-39-100-58-18-13-17-52(41-58)73-82-61-24-21-53(44-64(61)85-73)74-83-62-25-22-56(45-65(62)86-74)90-35-31-88(9)32-36-90)50-70(98)93(30-12-2)51-71(99)94(49-67(79)95)48-55(78)47-80-27-16-28-81-68(96)19-14-40-101-72-59(76(3,4)5)42-54(43-60(72)77(6,7)8)75-84-63-26-23-57(46-66(63)87-75)91-37-33-89(10)34-38-91/h13,17-18,21-26,41-46,78,80H,11-12,14-16,19-20,27-40,47-51H2,1-10H3,(H2,79,95)(H,81,96)(H,82,85)(H,83,86)(H,84,87). The number of fused-ring (bicyclic) bond motifs is 3. The van der Waals surface area contributed by atoms with E-state index in [0.29, 0.717) is 69.9 Å². The summed E-state index contributed by atoms with van der Waals surface area (Å²) >= 11 is 0. The molecule has 10 rings (SSSR count). The minimum atomic E-state index is -0.754. The van der Waals surface area contributed by atoms with Gasteiger partial charge in [-0.3, -0.25) is 24.0 Å². The maximum absolute atomic E-state index is 13.9. The molecule has 24 heteroatoms. The molecular formula is C77H105N17O7. The zero-order valence-corrected chi connectivity index (χ0v) is 61.0. The molecule has 2 aliphatic heterocycles. The van der Waals surface area contributed by atoms with Crippen molar-refractivity contribution in [1.29, 1.82) is 5.41 Å². The van der Waals surface area contributed by atoms with Gasteiger partial charge in [-0.15, -0.1) is 0 Å². The minimum absolute atomic E-state index is 0.0860. The Morgan fingerprint density at radius 3 is 1.58 bits per heavy atom. The second-order valence-electron chi connectivity index (χ2n) is 29.1. The minimum Gasteiger partial charge on any atom is -0.494 e. The van der Waals surface area contributed by atoms with E-state index >= 15 is 0 Å². The number of likely N-dealkylation sites (N-methyl/N-ethyl adjacent to an activating group) is 2. The molecule has 2 saturated heterocycles. The van der Waals surface area contributed by atoms with Gasteiger partial charge in [0.2, 0.25) is 29.5 Å². The monoisotopic (exact) mass is 1380 g/mol. The van der Waals surface area contributed by atoms with E-state index in [9.17, 15) is 24.0 Å². The highest BCUT2D eigenvalue weighted by atomic mass is 16.5. The van der Waals surface area contributed by atoms with Crippen LogP contribution in [0.15, 0.2) is 91.0 Å². The molecule has 3 aromatic heterocycles. The van der Waals surface area contributed by atoms with Crippen molar-refractivity contribution >= 4 is 79.7 Å². The van der Waals surface area contributed by atoms with Gasteiger partial charge in [0.1, 0.15) is 29.0 Å². The summed E-state index contributed by atoms with van der Waals surface area (Å²) in [7, 11) is 4.32. The number of H-pyrrole nitrogens is 3. The number of amides is 5. The quantitative estimate of drug-likeness (QED) is 0.0149. The third-order valence-electron chi connectivity index (χ3n) is 18.7. The maximum atomic E-state index is 13.9. The van der Waals surface area contributed by atoms with E-state index in [4.69, 9.17) is 35.6 Å². The molecule has 2 fully saturated rings. The molecule has 101 heavy (non-hydrogen) atoms. The molecule has 540 valence electrons. The largest absolute Gasteiger partial charge is 0.494 e. The number of benzene rings is 5. The Morgan fingerprint density at radius 2 is 1.04 bits per heavy atom. The summed E-state index contributed by atoms with van der Waals surface area (Å²) < 4.78 is 12.8. The van der Waals surface area contributed by atoms with E-state index in [1.165, 1.54) is 26.1 Å². The van der Waals surface area contributed by atoms with Gasteiger partial charge in [-0.1, -0.05) is 67.5 Å². The van der Waals surface area contributed by atoms with Gasteiger partial charge in [-0.25, -0.2) is 15.0 Å². The molecule has 24 nitrogen and oxygen atoms in total. The molecule has 0 atom stereocenters. The summed E-state index contributed by atoms with van der Waals surface area (Å²) in [5.41, 5.74) is 18.1. The third kappa shape index (κ3) is 20.0. The van der Waals surface area contributed by atoms with E-state index in [2.05, 4.69) is 155 Å². The second-order valence-corrected chi connectivity index (χ2v) is 29.1. The fraction of sp³-hybridized carbons (Fsp3) is 0.494. The zero-order chi connectivity index (χ0) is 72.0.